The molecule has 1 amide bonds. The number of thioether (sulfide) groups is 1. The Morgan fingerprint density at radius 3 is 2.73 bits per heavy atom. The van der Waals surface area contributed by atoms with Crippen molar-refractivity contribution in [2.75, 3.05) is 11.1 Å². The van der Waals surface area contributed by atoms with Crippen LogP contribution in [0.1, 0.15) is 11.4 Å². The molecule has 9 heteroatoms. The van der Waals surface area contributed by atoms with E-state index in [1.54, 1.807) is 6.92 Å². The maximum Gasteiger partial charge on any atom is 0.234 e. The van der Waals surface area contributed by atoms with Crippen LogP contribution in [-0.2, 0) is 10.5 Å². The minimum absolute atomic E-state index is 0.171. The van der Waals surface area contributed by atoms with Gasteiger partial charge in [0.25, 0.3) is 0 Å². The van der Waals surface area contributed by atoms with E-state index >= 15 is 0 Å². The number of aromatic nitrogens is 4. The van der Waals surface area contributed by atoms with Crippen LogP contribution in [0.15, 0.2) is 42.5 Å². The Balaban J connectivity index is 1.59. The number of nitrogens with one attached hydrogen (secondary N) is 1. The van der Waals surface area contributed by atoms with Gasteiger partial charge in [0.1, 0.15) is 11.5 Å². The summed E-state index contributed by atoms with van der Waals surface area (Å²) in [6, 6.07) is 11.8. The van der Waals surface area contributed by atoms with Gasteiger partial charge in [-0.05, 0) is 53.2 Å². The maximum atomic E-state index is 14.0. The van der Waals surface area contributed by atoms with Crippen LogP contribution in [0, 0.1) is 12.7 Å². The fraction of sp³-hybridized carbons (Fsp3) is 0.176. The van der Waals surface area contributed by atoms with Gasteiger partial charge in [0, 0.05) is 16.5 Å². The summed E-state index contributed by atoms with van der Waals surface area (Å²) in [5, 5.41) is 14.4. The van der Waals surface area contributed by atoms with Crippen molar-refractivity contribution in [2.24, 2.45) is 0 Å². The summed E-state index contributed by atoms with van der Waals surface area (Å²) in [6.07, 6.45) is 0. The quantitative estimate of drug-likeness (QED) is 0.694. The van der Waals surface area contributed by atoms with E-state index in [0.717, 1.165) is 5.56 Å². The fourth-order valence-electron chi connectivity index (χ4n) is 2.25. The van der Waals surface area contributed by atoms with Crippen LogP contribution in [0.4, 0.5) is 10.1 Å². The first-order chi connectivity index (χ1) is 12.5. The molecule has 0 saturated heterocycles. The lowest BCUT2D eigenvalue weighted by Crippen LogP contribution is -2.15. The lowest BCUT2D eigenvalue weighted by Gasteiger charge is -2.09. The lowest BCUT2D eigenvalue weighted by atomic mass is 10.2. The van der Waals surface area contributed by atoms with Crippen molar-refractivity contribution >= 4 is 35.0 Å². The summed E-state index contributed by atoms with van der Waals surface area (Å²) in [7, 11) is 0. The number of tetrazole rings is 1. The van der Waals surface area contributed by atoms with Crippen LogP contribution in [0.5, 0.6) is 0 Å². The van der Waals surface area contributed by atoms with Gasteiger partial charge in [-0.2, -0.15) is 4.68 Å². The molecule has 3 aromatic rings. The van der Waals surface area contributed by atoms with Crippen molar-refractivity contribution in [2.45, 2.75) is 12.7 Å². The fourth-order valence-corrected chi connectivity index (χ4v) is 3.16. The summed E-state index contributed by atoms with van der Waals surface area (Å²) in [5.74, 6) is 0.777. The third-order valence-corrected chi connectivity index (χ3v) is 4.75. The summed E-state index contributed by atoms with van der Waals surface area (Å²) in [4.78, 5) is 12.1. The minimum Gasteiger partial charge on any atom is -0.325 e. The zero-order chi connectivity index (χ0) is 18.5. The number of anilines is 1. The number of hydrogen-bond donors (Lipinski definition) is 1. The molecule has 0 fully saturated rings. The van der Waals surface area contributed by atoms with Crippen LogP contribution in [0.2, 0.25) is 5.02 Å². The number of nitrogens with zero attached hydrogens (tertiary/aromatic N) is 4. The first-order valence-corrected chi connectivity index (χ1v) is 9.23. The molecular weight excluding hydrogens is 377 g/mol. The molecule has 0 unspecified atom stereocenters. The van der Waals surface area contributed by atoms with Crippen molar-refractivity contribution < 1.29 is 9.18 Å². The number of aryl methyl sites for hydroxylation is 1. The predicted molar refractivity (Wildman–Crippen MR) is 100 cm³/mol. The molecule has 0 aliphatic rings. The number of amides is 1. The molecule has 0 radical (unpaired) electrons. The molecule has 1 aromatic heterocycles. The maximum absolute atomic E-state index is 14.0. The Labute approximate surface area is 158 Å². The number of carbonyl (C=O) groups excluding carboxylic acids is 1. The van der Waals surface area contributed by atoms with E-state index in [1.165, 1.54) is 34.6 Å². The van der Waals surface area contributed by atoms with Crippen LogP contribution in [0.3, 0.4) is 0 Å². The Morgan fingerprint density at radius 1 is 1.27 bits per heavy atom. The van der Waals surface area contributed by atoms with Gasteiger partial charge in [0.2, 0.25) is 5.91 Å². The van der Waals surface area contributed by atoms with Gasteiger partial charge in [-0.15, -0.1) is 16.9 Å². The third kappa shape index (κ3) is 4.59. The molecule has 0 aliphatic carbocycles. The molecule has 0 bridgehead atoms. The van der Waals surface area contributed by atoms with E-state index in [0.29, 0.717) is 22.3 Å². The number of benzene rings is 2. The molecule has 0 aliphatic heterocycles. The van der Waals surface area contributed by atoms with E-state index in [4.69, 9.17) is 11.6 Å². The first-order valence-electron chi connectivity index (χ1n) is 7.70. The highest BCUT2D eigenvalue weighted by Gasteiger charge is 2.12. The minimum atomic E-state index is -0.476. The summed E-state index contributed by atoms with van der Waals surface area (Å²) < 4.78 is 15.3. The number of carbonyl (C=O) groups is 1. The number of halogens is 2. The topological polar surface area (TPSA) is 72.7 Å². The van der Waals surface area contributed by atoms with Crippen molar-refractivity contribution in [1.29, 1.82) is 0 Å². The van der Waals surface area contributed by atoms with Crippen LogP contribution < -0.4 is 5.32 Å². The van der Waals surface area contributed by atoms with Gasteiger partial charge >= 0.3 is 0 Å². The molecule has 1 heterocycles. The second-order valence-corrected chi connectivity index (χ2v) is 6.89. The highest BCUT2D eigenvalue weighted by molar-refractivity contribution is 7.99. The van der Waals surface area contributed by atoms with Gasteiger partial charge in [0.15, 0.2) is 5.82 Å². The normalized spacial score (nSPS) is 10.7. The van der Waals surface area contributed by atoms with Gasteiger partial charge < -0.3 is 5.32 Å². The third-order valence-electron chi connectivity index (χ3n) is 3.50. The van der Waals surface area contributed by atoms with E-state index in [1.807, 2.05) is 24.3 Å². The van der Waals surface area contributed by atoms with Gasteiger partial charge in [0.05, 0.1) is 5.75 Å². The average Bonchev–Trinajstić information content (AvgIpc) is 3.04. The largest absolute Gasteiger partial charge is 0.325 e. The summed E-state index contributed by atoms with van der Waals surface area (Å²) in [6.45, 7) is 1.66. The molecule has 6 nitrogen and oxygen atoms in total. The van der Waals surface area contributed by atoms with Crippen LogP contribution in [-0.4, -0.2) is 31.9 Å². The number of rotatable bonds is 6. The molecule has 3 rings (SSSR count). The summed E-state index contributed by atoms with van der Waals surface area (Å²) >= 11 is 7.33. The van der Waals surface area contributed by atoms with Crippen LogP contribution >= 0.6 is 23.4 Å². The van der Waals surface area contributed by atoms with Crippen molar-refractivity contribution in [3.63, 3.8) is 0 Å². The Kier molecular flexibility index (Phi) is 5.85. The van der Waals surface area contributed by atoms with Crippen LogP contribution in [0.25, 0.3) is 5.69 Å². The smallest absolute Gasteiger partial charge is 0.234 e. The van der Waals surface area contributed by atoms with Crippen molar-refractivity contribution in [3.05, 3.63) is 64.7 Å². The van der Waals surface area contributed by atoms with E-state index < -0.39 is 5.82 Å². The second kappa shape index (κ2) is 8.29. The zero-order valence-electron chi connectivity index (χ0n) is 13.8. The van der Waals surface area contributed by atoms with Gasteiger partial charge in [-0.3, -0.25) is 4.79 Å². The highest BCUT2D eigenvalue weighted by atomic mass is 35.5. The SMILES string of the molecule is Cc1nnnn1-c1cc(NC(=O)CSCc2ccc(Cl)cc2)ccc1F. The Hall–Kier alpha value is -2.45. The first kappa shape index (κ1) is 18.3. The molecule has 1 N–H and O–H groups in total. The lowest BCUT2D eigenvalue weighted by molar-refractivity contribution is -0.113. The van der Waals surface area contributed by atoms with E-state index in [2.05, 4.69) is 20.8 Å². The highest BCUT2D eigenvalue weighted by Crippen LogP contribution is 2.20. The standard InChI is InChI=1S/C17H15ClFN5OS/c1-11-21-22-23-24(11)16-8-14(6-7-15(16)19)20-17(25)10-26-9-12-2-4-13(18)5-3-12/h2-8H,9-10H2,1H3,(H,20,25). The molecule has 134 valence electrons. The van der Waals surface area contributed by atoms with Gasteiger partial charge in [-0.25, -0.2) is 4.39 Å². The second-order valence-electron chi connectivity index (χ2n) is 5.47. The molecule has 0 saturated carbocycles. The Morgan fingerprint density at radius 2 is 2.04 bits per heavy atom. The van der Waals surface area contributed by atoms with Crippen molar-refractivity contribution in [3.8, 4) is 5.69 Å². The zero-order valence-corrected chi connectivity index (χ0v) is 15.4. The monoisotopic (exact) mass is 391 g/mol. The molecule has 0 spiro atoms. The Bertz CT molecular complexity index is 916. The number of hydrogen-bond acceptors (Lipinski definition) is 5. The molecular formula is C17H15ClFN5OS. The predicted octanol–water partition coefficient (Wildman–Crippen LogP) is 3.64. The molecule has 26 heavy (non-hydrogen) atoms. The molecule has 2 aromatic carbocycles. The van der Waals surface area contributed by atoms with Gasteiger partial charge in [-0.1, -0.05) is 23.7 Å². The van der Waals surface area contributed by atoms with E-state index in [-0.39, 0.29) is 17.3 Å². The molecule has 0 atom stereocenters. The van der Waals surface area contributed by atoms with E-state index in [9.17, 15) is 9.18 Å². The summed E-state index contributed by atoms with van der Waals surface area (Å²) in [5.41, 5.74) is 1.75. The van der Waals surface area contributed by atoms with Crippen molar-refractivity contribution in [1.82, 2.24) is 20.2 Å². The average molecular weight is 392 g/mol.